The zero-order valence-corrected chi connectivity index (χ0v) is 17.5. The fourth-order valence-electron chi connectivity index (χ4n) is 4.52. The van der Waals surface area contributed by atoms with E-state index in [0.717, 1.165) is 23.2 Å². The Morgan fingerprint density at radius 3 is 2.34 bits per heavy atom. The molecule has 6 nitrogen and oxygen atoms in total. The van der Waals surface area contributed by atoms with E-state index >= 15 is 0 Å². The van der Waals surface area contributed by atoms with Crippen molar-refractivity contribution in [2.45, 2.75) is 19.5 Å². The van der Waals surface area contributed by atoms with Crippen molar-refractivity contribution in [3.8, 4) is 0 Å². The maximum absolute atomic E-state index is 13.1. The molecule has 2 N–H and O–H groups in total. The average molecular weight is 425 g/mol. The SMILES string of the molecule is O=C(NO)c1ccc(Cn2c3c(c4ccccc42)CCN(C(=O)c2ccccc2)C3)cc1. The van der Waals surface area contributed by atoms with Gasteiger partial charge in [-0.2, -0.15) is 0 Å². The lowest BCUT2D eigenvalue weighted by atomic mass is 10.0. The van der Waals surface area contributed by atoms with Crippen molar-refractivity contribution in [1.82, 2.24) is 14.9 Å². The quantitative estimate of drug-likeness (QED) is 0.383. The van der Waals surface area contributed by atoms with Crippen LogP contribution in [-0.4, -0.2) is 33.0 Å². The highest BCUT2D eigenvalue weighted by molar-refractivity contribution is 5.95. The number of para-hydroxylation sites is 1. The third kappa shape index (κ3) is 3.55. The molecule has 160 valence electrons. The monoisotopic (exact) mass is 425 g/mol. The highest BCUT2D eigenvalue weighted by Crippen LogP contribution is 2.32. The van der Waals surface area contributed by atoms with E-state index in [2.05, 4.69) is 22.8 Å². The number of aromatic nitrogens is 1. The Kier molecular flexibility index (Phi) is 5.21. The van der Waals surface area contributed by atoms with E-state index in [1.807, 2.05) is 53.4 Å². The number of benzene rings is 3. The van der Waals surface area contributed by atoms with Crippen LogP contribution in [0.5, 0.6) is 0 Å². The van der Waals surface area contributed by atoms with Gasteiger partial charge in [0.25, 0.3) is 11.8 Å². The van der Waals surface area contributed by atoms with Crippen LogP contribution in [0.2, 0.25) is 0 Å². The third-order valence-corrected chi connectivity index (χ3v) is 6.13. The van der Waals surface area contributed by atoms with E-state index in [4.69, 9.17) is 5.21 Å². The highest BCUT2D eigenvalue weighted by atomic mass is 16.5. The fraction of sp³-hybridized carbons (Fsp3) is 0.154. The molecule has 0 atom stereocenters. The number of rotatable bonds is 4. The number of carbonyl (C=O) groups is 2. The number of hydrogen-bond donors (Lipinski definition) is 2. The number of hydrogen-bond acceptors (Lipinski definition) is 3. The molecule has 0 spiro atoms. The molecule has 0 bridgehead atoms. The first-order valence-corrected chi connectivity index (χ1v) is 10.6. The first kappa shape index (κ1) is 20.0. The number of fused-ring (bicyclic) bond motifs is 3. The normalized spacial score (nSPS) is 13.1. The lowest BCUT2D eigenvalue weighted by Gasteiger charge is -2.29. The number of nitrogens with one attached hydrogen (secondary N) is 1. The number of nitrogens with zero attached hydrogens (tertiary/aromatic N) is 2. The van der Waals surface area contributed by atoms with E-state index in [1.165, 1.54) is 10.9 Å². The Bertz CT molecular complexity index is 1290. The number of amides is 2. The average Bonchev–Trinajstić information content (AvgIpc) is 3.17. The molecule has 0 fully saturated rings. The van der Waals surface area contributed by atoms with Gasteiger partial charge in [0, 0.05) is 40.8 Å². The molecule has 3 aromatic carbocycles. The topological polar surface area (TPSA) is 74.6 Å². The lowest BCUT2D eigenvalue weighted by molar-refractivity contribution is 0.0705. The van der Waals surface area contributed by atoms with Crippen molar-refractivity contribution in [1.29, 1.82) is 0 Å². The van der Waals surface area contributed by atoms with Crippen LogP contribution in [0, 0.1) is 0 Å². The van der Waals surface area contributed by atoms with Crippen molar-refractivity contribution in [2.24, 2.45) is 0 Å². The summed E-state index contributed by atoms with van der Waals surface area (Å²) in [5.74, 6) is -0.483. The molecule has 0 unspecified atom stereocenters. The Morgan fingerprint density at radius 2 is 1.59 bits per heavy atom. The van der Waals surface area contributed by atoms with Crippen LogP contribution in [0.1, 0.15) is 37.5 Å². The van der Waals surface area contributed by atoms with Gasteiger partial charge < -0.3 is 9.47 Å². The molecular formula is C26H23N3O3. The van der Waals surface area contributed by atoms with E-state index in [-0.39, 0.29) is 5.91 Å². The molecule has 4 aromatic rings. The molecule has 6 heteroatoms. The zero-order chi connectivity index (χ0) is 22.1. The van der Waals surface area contributed by atoms with E-state index in [9.17, 15) is 9.59 Å². The van der Waals surface area contributed by atoms with Gasteiger partial charge in [-0.25, -0.2) is 5.48 Å². The van der Waals surface area contributed by atoms with Gasteiger partial charge in [-0.05, 0) is 47.9 Å². The molecular weight excluding hydrogens is 402 g/mol. The van der Waals surface area contributed by atoms with Crippen LogP contribution in [0.4, 0.5) is 0 Å². The molecule has 1 aliphatic heterocycles. The van der Waals surface area contributed by atoms with Crippen molar-refractivity contribution in [3.05, 3.63) is 107 Å². The van der Waals surface area contributed by atoms with Gasteiger partial charge in [0.15, 0.2) is 0 Å². The third-order valence-electron chi connectivity index (χ3n) is 6.13. The van der Waals surface area contributed by atoms with Gasteiger partial charge in [-0.15, -0.1) is 0 Å². The van der Waals surface area contributed by atoms with Gasteiger partial charge >= 0.3 is 0 Å². The second-order valence-electron chi connectivity index (χ2n) is 8.01. The summed E-state index contributed by atoms with van der Waals surface area (Å²) in [6.07, 6.45) is 0.816. The van der Waals surface area contributed by atoms with E-state index in [0.29, 0.717) is 30.8 Å². The minimum absolute atomic E-state index is 0.0485. The Hall–Kier alpha value is -3.90. The summed E-state index contributed by atoms with van der Waals surface area (Å²) in [6, 6.07) is 24.9. The van der Waals surface area contributed by atoms with Crippen molar-refractivity contribution >= 4 is 22.7 Å². The Labute approximate surface area is 185 Å². The molecule has 0 saturated heterocycles. The van der Waals surface area contributed by atoms with Crippen LogP contribution in [0.25, 0.3) is 10.9 Å². The first-order chi connectivity index (χ1) is 15.7. The summed E-state index contributed by atoms with van der Waals surface area (Å²) in [5, 5.41) is 10.1. The molecule has 32 heavy (non-hydrogen) atoms. The summed E-state index contributed by atoms with van der Waals surface area (Å²) >= 11 is 0. The van der Waals surface area contributed by atoms with Crippen LogP contribution in [0.15, 0.2) is 78.9 Å². The smallest absolute Gasteiger partial charge is 0.274 e. The molecule has 0 radical (unpaired) electrons. The van der Waals surface area contributed by atoms with Gasteiger partial charge in [-0.1, -0.05) is 48.5 Å². The van der Waals surface area contributed by atoms with Gasteiger partial charge in [-0.3, -0.25) is 14.8 Å². The molecule has 0 saturated carbocycles. The largest absolute Gasteiger partial charge is 0.338 e. The second-order valence-corrected chi connectivity index (χ2v) is 8.01. The molecule has 1 aliphatic rings. The van der Waals surface area contributed by atoms with Gasteiger partial charge in [0.1, 0.15) is 0 Å². The molecule has 0 aliphatic carbocycles. The predicted molar refractivity (Wildman–Crippen MR) is 122 cm³/mol. The summed E-state index contributed by atoms with van der Waals surface area (Å²) < 4.78 is 2.27. The lowest BCUT2D eigenvalue weighted by Crippen LogP contribution is -2.36. The van der Waals surface area contributed by atoms with Crippen molar-refractivity contribution in [3.63, 3.8) is 0 Å². The standard InChI is InChI=1S/C26H23N3O3/c30-25(27-32)19-12-10-18(11-13-19)16-29-23-9-5-4-8-21(23)22-14-15-28(17-24(22)29)26(31)20-6-2-1-3-7-20/h1-13,32H,14-17H2,(H,27,30). The molecule has 1 aromatic heterocycles. The van der Waals surface area contributed by atoms with E-state index < -0.39 is 5.91 Å². The van der Waals surface area contributed by atoms with Crippen LogP contribution >= 0.6 is 0 Å². The summed E-state index contributed by atoms with van der Waals surface area (Å²) in [7, 11) is 0. The number of hydroxylamine groups is 1. The minimum Gasteiger partial charge on any atom is -0.338 e. The first-order valence-electron chi connectivity index (χ1n) is 10.6. The zero-order valence-electron chi connectivity index (χ0n) is 17.5. The predicted octanol–water partition coefficient (Wildman–Crippen LogP) is 4.01. The minimum atomic E-state index is -0.532. The molecule has 2 amide bonds. The van der Waals surface area contributed by atoms with Crippen LogP contribution < -0.4 is 5.48 Å². The Morgan fingerprint density at radius 1 is 0.875 bits per heavy atom. The van der Waals surface area contributed by atoms with Crippen molar-refractivity contribution < 1.29 is 14.8 Å². The van der Waals surface area contributed by atoms with Gasteiger partial charge in [0.2, 0.25) is 0 Å². The summed E-state index contributed by atoms with van der Waals surface area (Å²) in [4.78, 5) is 26.6. The Balaban J connectivity index is 1.50. The van der Waals surface area contributed by atoms with E-state index in [1.54, 1.807) is 17.6 Å². The molecule has 2 heterocycles. The number of carbonyl (C=O) groups excluding carboxylic acids is 2. The highest BCUT2D eigenvalue weighted by Gasteiger charge is 2.27. The maximum Gasteiger partial charge on any atom is 0.274 e. The van der Waals surface area contributed by atoms with Crippen molar-refractivity contribution in [2.75, 3.05) is 6.54 Å². The molecule has 5 rings (SSSR count). The van der Waals surface area contributed by atoms with Gasteiger partial charge in [0.05, 0.1) is 6.54 Å². The van der Waals surface area contributed by atoms with Crippen LogP contribution in [0.3, 0.4) is 0 Å². The summed E-state index contributed by atoms with van der Waals surface area (Å²) in [6.45, 7) is 1.88. The van der Waals surface area contributed by atoms with Crippen LogP contribution in [-0.2, 0) is 19.5 Å². The maximum atomic E-state index is 13.1. The summed E-state index contributed by atoms with van der Waals surface area (Å²) in [5.41, 5.74) is 7.39. The second kappa shape index (κ2) is 8.32. The fourth-order valence-corrected chi connectivity index (χ4v) is 4.52.